The minimum Gasteiger partial charge on any atom is -0.369 e. The van der Waals surface area contributed by atoms with Gasteiger partial charge in [0, 0.05) is 23.8 Å². The lowest BCUT2D eigenvalue weighted by molar-refractivity contribution is -0.132. The van der Waals surface area contributed by atoms with Crippen molar-refractivity contribution in [2.75, 3.05) is 11.4 Å². The summed E-state index contributed by atoms with van der Waals surface area (Å²) in [6, 6.07) is 16.6. The van der Waals surface area contributed by atoms with Gasteiger partial charge in [0.1, 0.15) is 5.54 Å². The normalized spacial score (nSPS) is 18.3. The first kappa shape index (κ1) is 22.3. The van der Waals surface area contributed by atoms with Crippen molar-refractivity contribution in [2.24, 2.45) is 0 Å². The molecule has 164 valence electrons. The molecule has 1 heterocycles. The molecule has 7 heteroatoms. The number of anilines is 1. The van der Waals surface area contributed by atoms with Gasteiger partial charge in [-0.15, -0.1) is 0 Å². The number of carbonyl (C=O) groups excluding carboxylic acids is 3. The predicted octanol–water partition coefficient (Wildman–Crippen LogP) is 3.51. The molecule has 0 bridgehead atoms. The molecule has 1 unspecified atom stereocenters. The minimum absolute atomic E-state index is 0.337. The van der Waals surface area contributed by atoms with Crippen molar-refractivity contribution in [1.29, 1.82) is 0 Å². The maximum atomic E-state index is 12.9. The molecular formula is C24H30N4O3. The van der Waals surface area contributed by atoms with E-state index in [-0.39, 0.29) is 0 Å². The maximum absolute atomic E-state index is 12.9. The Kier molecular flexibility index (Phi) is 6.63. The maximum Gasteiger partial charge on any atom is 0.344 e. The topological polar surface area (TPSA) is 81.8 Å². The highest BCUT2D eigenvalue weighted by atomic mass is 16.2. The molecule has 2 aromatic carbocycles. The fourth-order valence-electron chi connectivity index (χ4n) is 3.81. The fraction of sp³-hybridized carbons (Fsp3) is 0.375. The molecule has 0 saturated carbocycles. The molecule has 1 aliphatic rings. The number of benzene rings is 2. The summed E-state index contributed by atoms with van der Waals surface area (Å²) in [4.78, 5) is 40.2. The van der Waals surface area contributed by atoms with Crippen molar-refractivity contribution in [1.82, 2.24) is 15.8 Å². The van der Waals surface area contributed by atoms with Gasteiger partial charge in [-0.05, 0) is 70.4 Å². The Bertz CT molecular complexity index is 943. The molecule has 0 radical (unpaired) electrons. The number of hydrazine groups is 1. The second kappa shape index (κ2) is 9.20. The molecule has 1 aliphatic heterocycles. The van der Waals surface area contributed by atoms with Gasteiger partial charge in [-0.2, -0.15) is 5.01 Å². The van der Waals surface area contributed by atoms with Crippen molar-refractivity contribution in [2.45, 2.75) is 52.1 Å². The first-order chi connectivity index (χ1) is 14.7. The number of aryl methyl sites for hydroxylation is 1. The Morgan fingerprint density at radius 3 is 2.32 bits per heavy atom. The second-order valence-electron chi connectivity index (χ2n) is 8.26. The van der Waals surface area contributed by atoms with Gasteiger partial charge in [0.25, 0.3) is 11.8 Å². The summed E-state index contributed by atoms with van der Waals surface area (Å²) in [5, 5.41) is 3.50. The molecule has 4 amide bonds. The molecule has 1 atom stereocenters. The zero-order chi connectivity index (χ0) is 22.6. The number of nitrogens with one attached hydrogen (secondary N) is 2. The van der Waals surface area contributed by atoms with E-state index in [0.717, 1.165) is 22.8 Å². The SMILES string of the molecule is CCN(c1ccc(C(=O)NN2C(=O)NC(C)(CCc3ccccc3)C2=O)cc1)C(C)C. The number of nitrogens with zero attached hydrogens (tertiary/aromatic N) is 2. The first-order valence-electron chi connectivity index (χ1n) is 10.6. The lowest BCUT2D eigenvalue weighted by Gasteiger charge is -2.27. The van der Waals surface area contributed by atoms with Gasteiger partial charge in [-0.1, -0.05) is 30.3 Å². The van der Waals surface area contributed by atoms with Gasteiger partial charge in [0.2, 0.25) is 0 Å². The Morgan fingerprint density at radius 1 is 1.10 bits per heavy atom. The molecule has 31 heavy (non-hydrogen) atoms. The molecule has 0 spiro atoms. The van der Waals surface area contributed by atoms with E-state index in [1.165, 1.54) is 0 Å². The molecule has 0 aliphatic carbocycles. The van der Waals surface area contributed by atoms with Crippen LogP contribution in [0.25, 0.3) is 0 Å². The lowest BCUT2D eigenvalue weighted by Crippen LogP contribution is -2.48. The molecule has 3 rings (SSSR count). The fourth-order valence-corrected chi connectivity index (χ4v) is 3.81. The van der Waals surface area contributed by atoms with Crippen LogP contribution in [0.1, 0.15) is 50.0 Å². The number of hydrogen-bond donors (Lipinski definition) is 2. The van der Waals surface area contributed by atoms with Gasteiger partial charge in [-0.3, -0.25) is 15.0 Å². The van der Waals surface area contributed by atoms with Crippen LogP contribution in [0.2, 0.25) is 0 Å². The van der Waals surface area contributed by atoms with E-state index in [4.69, 9.17) is 0 Å². The first-order valence-corrected chi connectivity index (χ1v) is 10.6. The van der Waals surface area contributed by atoms with Crippen LogP contribution in [-0.4, -0.2) is 41.0 Å². The van der Waals surface area contributed by atoms with Crippen molar-refractivity contribution in [3.8, 4) is 0 Å². The minimum atomic E-state index is -1.07. The summed E-state index contributed by atoms with van der Waals surface area (Å²) in [5.41, 5.74) is 3.85. The molecule has 2 aromatic rings. The van der Waals surface area contributed by atoms with Crippen LogP contribution in [0, 0.1) is 0 Å². The summed E-state index contributed by atoms with van der Waals surface area (Å²) < 4.78 is 0. The zero-order valence-electron chi connectivity index (χ0n) is 18.5. The number of hydrogen-bond acceptors (Lipinski definition) is 4. The quantitative estimate of drug-likeness (QED) is 0.638. The molecular weight excluding hydrogens is 392 g/mol. The third-order valence-electron chi connectivity index (χ3n) is 5.66. The van der Waals surface area contributed by atoms with Gasteiger partial charge < -0.3 is 10.2 Å². The van der Waals surface area contributed by atoms with Crippen molar-refractivity contribution < 1.29 is 14.4 Å². The Morgan fingerprint density at radius 2 is 1.74 bits per heavy atom. The van der Waals surface area contributed by atoms with E-state index in [9.17, 15) is 14.4 Å². The summed E-state index contributed by atoms with van der Waals surface area (Å²) in [6.07, 6.45) is 1.07. The third kappa shape index (κ3) is 4.87. The number of carbonyl (C=O) groups is 3. The largest absolute Gasteiger partial charge is 0.369 e. The third-order valence-corrected chi connectivity index (χ3v) is 5.66. The zero-order valence-corrected chi connectivity index (χ0v) is 18.5. The van der Waals surface area contributed by atoms with E-state index in [1.807, 2.05) is 42.5 Å². The van der Waals surface area contributed by atoms with Crippen LogP contribution >= 0.6 is 0 Å². The van der Waals surface area contributed by atoms with Crippen LogP contribution in [0.3, 0.4) is 0 Å². The van der Waals surface area contributed by atoms with E-state index >= 15 is 0 Å². The van der Waals surface area contributed by atoms with Crippen molar-refractivity contribution in [3.63, 3.8) is 0 Å². The highest BCUT2D eigenvalue weighted by Gasteiger charge is 2.48. The second-order valence-corrected chi connectivity index (χ2v) is 8.26. The smallest absolute Gasteiger partial charge is 0.344 e. The van der Waals surface area contributed by atoms with Gasteiger partial charge in [0.15, 0.2) is 0 Å². The standard InChI is InChI=1S/C24H30N4O3/c1-5-27(17(2)3)20-13-11-19(12-14-20)21(29)26-28-22(30)24(4,25-23(28)31)16-15-18-9-7-6-8-10-18/h6-14,17H,5,15-16H2,1-4H3,(H,25,31)(H,26,29). The lowest BCUT2D eigenvalue weighted by atomic mass is 9.93. The number of imide groups is 1. The predicted molar refractivity (Wildman–Crippen MR) is 121 cm³/mol. The highest BCUT2D eigenvalue weighted by molar-refractivity contribution is 6.09. The van der Waals surface area contributed by atoms with Crippen LogP contribution in [0.4, 0.5) is 10.5 Å². The van der Waals surface area contributed by atoms with Gasteiger partial charge in [-0.25, -0.2) is 4.79 Å². The Balaban J connectivity index is 1.65. The molecule has 2 N–H and O–H groups in total. The van der Waals surface area contributed by atoms with Gasteiger partial charge in [0.05, 0.1) is 0 Å². The summed E-state index contributed by atoms with van der Waals surface area (Å²) in [5.74, 6) is -0.967. The molecule has 7 nitrogen and oxygen atoms in total. The highest BCUT2D eigenvalue weighted by Crippen LogP contribution is 2.23. The van der Waals surface area contributed by atoms with Crippen LogP contribution in [0.15, 0.2) is 54.6 Å². The average molecular weight is 423 g/mol. The number of rotatable bonds is 8. The molecule has 1 fully saturated rings. The van der Waals surface area contributed by atoms with Crippen LogP contribution < -0.4 is 15.6 Å². The molecule has 0 aromatic heterocycles. The van der Waals surface area contributed by atoms with E-state index < -0.39 is 23.4 Å². The molecule has 1 saturated heterocycles. The summed E-state index contributed by atoms with van der Waals surface area (Å²) >= 11 is 0. The monoisotopic (exact) mass is 422 g/mol. The van der Waals surface area contributed by atoms with E-state index in [1.54, 1.807) is 19.1 Å². The Labute approximate surface area is 183 Å². The number of urea groups is 1. The van der Waals surface area contributed by atoms with Crippen molar-refractivity contribution in [3.05, 3.63) is 65.7 Å². The van der Waals surface area contributed by atoms with E-state index in [0.29, 0.717) is 24.4 Å². The van der Waals surface area contributed by atoms with Crippen molar-refractivity contribution >= 4 is 23.5 Å². The summed E-state index contributed by atoms with van der Waals surface area (Å²) in [7, 11) is 0. The van der Waals surface area contributed by atoms with Crippen LogP contribution in [0.5, 0.6) is 0 Å². The van der Waals surface area contributed by atoms with E-state index in [2.05, 4.69) is 36.4 Å². The summed E-state index contributed by atoms with van der Waals surface area (Å²) in [6.45, 7) is 8.83. The Hall–Kier alpha value is -3.35. The average Bonchev–Trinajstić information content (AvgIpc) is 2.97. The van der Waals surface area contributed by atoms with Crippen LogP contribution in [-0.2, 0) is 11.2 Å². The van der Waals surface area contributed by atoms with Gasteiger partial charge >= 0.3 is 6.03 Å². The number of amides is 4.